The van der Waals surface area contributed by atoms with Gasteiger partial charge in [0.1, 0.15) is 17.1 Å². The smallest absolute Gasteiger partial charge is 0.127 e. The first-order valence-electron chi connectivity index (χ1n) is 6.82. The van der Waals surface area contributed by atoms with Crippen molar-refractivity contribution in [3.8, 4) is 0 Å². The number of hydrogen-bond donors (Lipinski definition) is 2. The number of aromatic amines is 1. The van der Waals surface area contributed by atoms with Crippen molar-refractivity contribution in [3.63, 3.8) is 0 Å². The van der Waals surface area contributed by atoms with Crippen molar-refractivity contribution < 1.29 is 9.50 Å². The summed E-state index contributed by atoms with van der Waals surface area (Å²) in [6, 6.07) is 4.70. The summed E-state index contributed by atoms with van der Waals surface area (Å²) in [4.78, 5) is 2.08. The summed E-state index contributed by atoms with van der Waals surface area (Å²) in [5.41, 5.74) is 0.0939. The first kappa shape index (κ1) is 14.4. The van der Waals surface area contributed by atoms with E-state index in [9.17, 15) is 9.50 Å². The molecule has 0 spiro atoms. The molecule has 1 aliphatic rings. The van der Waals surface area contributed by atoms with Crippen LogP contribution < -0.4 is 0 Å². The van der Waals surface area contributed by atoms with E-state index in [1.807, 2.05) is 0 Å². The lowest BCUT2D eigenvalue weighted by Gasteiger charge is -2.21. The van der Waals surface area contributed by atoms with Gasteiger partial charge in [0.05, 0.1) is 6.20 Å². The number of nitrogens with zero attached hydrogens (tertiary/aromatic N) is 3. The molecule has 2 heterocycles. The Balaban J connectivity index is 1.63. The molecule has 2 N–H and O–H groups in total. The summed E-state index contributed by atoms with van der Waals surface area (Å²) >= 11 is 6.02. The van der Waals surface area contributed by atoms with Crippen LogP contribution in [0.2, 0.25) is 5.02 Å². The number of aromatic nitrogens is 3. The van der Waals surface area contributed by atoms with Crippen molar-refractivity contribution in [1.82, 2.24) is 20.3 Å². The van der Waals surface area contributed by atoms with Gasteiger partial charge in [-0.15, -0.1) is 0 Å². The van der Waals surface area contributed by atoms with E-state index in [4.69, 9.17) is 11.6 Å². The van der Waals surface area contributed by atoms with Crippen molar-refractivity contribution in [3.05, 3.63) is 46.5 Å². The zero-order valence-electron chi connectivity index (χ0n) is 11.4. The number of rotatable bonds is 4. The van der Waals surface area contributed by atoms with E-state index in [-0.39, 0.29) is 5.82 Å². The fraction of sp³-hybridized carbons (Fsp3) is 0.429. The van der Waals surface area contributed by atoms with Crippen molar-refractivity contribution in [2.45, 2.75) is 18.4 Å². The molecule has 112 valence electrons. The maximum atomic E-state index is 13.7. The van der Waals surface area contributed by atoms with Crippen molar-refractivity contribution in [2.75, 3.05) is 19.6 Å². The van der Waals surface area contributed by atoms with E-state index in [0.717, 1.165) is 6.54 Å². The molecule has 1 aliphatic heterocycles. The van der Waals surface area contributed by atoms with Crippen LogP contribution in [0.15, 0.2) is 24.4 Å². The molecular weight excluding hydrogens is 295 g/mol. The number of likely N-dealkylation sites (tertiary alicyclic amines) is 1. The van der Waals surface area contributed by atoms with Crippen LogP contribution in [-0.4, -0.2) is 45.1 Å². The number of nitrogens with one attached hydrogen (secondary N) is 1. The number of benzene rings is 1. The summed E-state index contributed by atoms with van der Waals surface area (Å²) in [5, 5.41) is 21.2. The molecule has 5 nitrogen and oxygen atoms in total. The average Bonchev–Trinajstić information content (AvgIpc) is 3.09. The molecule has 1 saturated heterocycles. The average molecular weight is 311 g/mol. The normalized spacial score (nSPS) is 22.8. The van der Waals surface area contributed by atoms with Gasteiger partial charge in [0, 0.05) is 30.2 Å². The third-order valence-electron chi connectivity index (χ3n) is 3.96. The van der Waals surface area contributed by atoms with Gasteiger partial charge in [-0.1, -0.05) is 17.7 Å². The van der Waals surface area contributed by atoms with Gasteiger partial charge < -0.3 is 5.11 Å². The molecule has 1 fully saturated rings. The highest BCUT2D eigenvalue weighted by Crippen LogP contribution is 2.30. The van der Waals surface area contributed by atoms with E-state index >= 15 is 0 Å². The first-order chi connectivity index (χ1) is 10.1. The molecule has 0 bridgehead atoms. The molecule has 1 aromatic carbocycles. The lowest BCUT2D eigenvalue weighted by molar-refractivity contribution is 0.0418. The largest absolute Gasteiger partial charge is 0.382 e. The summed E-state index contributed by atoms with van der Waals surface area (Å²) in [6.07, 6.45) is 2.64. The maximum absolute atomic E-state index is 13.7. The van der Waals surface area contributed by atoms with Gasteiger partial charge in [-0.2, -0.15) is 15.4 Å². The number of aliphatic hydroxyl groups is 1. The second-order valence-corrected chi connectivity index (χ2v) is 5.77. The van der Waals surface area contributed by atoms with Gasteiger partial charge in [0.25, 0.3) is 0 Å². The van der Waals surface area contributed by atoms with Gasteiger partial charge >= 0.3 is 0 Å². The number of β-amino-alcohol motifs (C(OH)–C–C–N with tert-alkyl or cyclic N) is 1. The Morgan fingerprint density at radius 2 is 2.33 bits per heavy atom. The Labute approximate surface area is 126 Å². The van der Waals surface area contributed by atoms with Crippen LogP contribution in [0.5, 0.6) is 0 Å². The summed E-state index contributed by atoms with van der Waals surface area (Å²) < 4.78 is 13.7. The predicted octanol–water partition coefficient (Wildman–Crippen LogP) is 1.73. The van der Waals surface area contributed by atoms with Crippen LogP contribution >= 0.6 is 11.6 Å². The summed E-state index contributed by atoms with van der Waals surface area (Å²) in [7, 11) is 0. The number of halogens is 2. The Hall–Kier alpha value is -1.50. The standard InChI is InChI=1S/C14H16ClFN4O/c15-11-2-1-3-12(16)10(11)4-6-20-7-5-14(21,9-20)13-8-17-19-18-13/h1-3,8,21H,4-7,9H2,(H,17,18,19). The van der Waals surface area contributed by atoms with Crippen LogP contribution in [0.3, 0.4) is 0 Å². The Morgan fingerprint density at radius 1 is 1.48 bits per heavy atom. The molecule has 3 rings (SSSR count). The third-order valence-corrected chi connectivity index (χ3v) is 4.31. The van der Waals surface area contributed by atoms with E-state index < -0.39 is 5.60 Å². The minimum atomic E-state index is -0.980. The molecule has 7 heteroatoms. The minimum absolute atomic E-state index is 0.284. The van der Waals surface area contributed by atoms with E-state index in [0.29, 0.717) is 42.2 Å². The number of hydrogen-bond acceptors (Lipinski definition) is 4. The van der Waals surface area contributed by atoms with Gasteiger partial charge in [-0.3, -0.25) is 4.90 Å². The lowest BCUT2D eigenvalue weighted by atomic mass is 10.00. The van der Waals surface area contributed by atoms with Gasteiger partial charge in [-0.05, 0) is 25.0 Å². The zero-order chi connectivity index (χ0) is 14.9. The fourth-order valence-corrected chi connectivity index (χ4v) is 3.00. The van der Waals surface area contributed by atoms with Crippen LogP contribution in [-0.2, 0) is 12.0 Å². The number of H-pyrrole nitrogens is 1. The van der Waals surface area contributed by atoms with E-state index in [1.54, 1.807) is 12.1 Å². The van der Waals surface area contributed by atoms with Crippen molar-refractivity contribution >= 4 is 11.6 Å². The molecule has 0 amide bonds. The molecule has 2 aromatic rings. The van der Waals surface area contributed by atoms with Crippen LogP contribution in [0, 0.1) is 5.82 Å². The third kappa shape index (κ3) is 2.92. The Bertz CT molecular complexity index is 601. The second-order valence-electron chi connectivity index (χ2n) is 5.36. The minimum Gasteiger partial charge on any atom is -0.382 e. The maximum Gasteiger partial charge on any atom is 0.127 e. The van der Waals surface area contributed by atoms with Gasteiger partial charge in [0.2, 0.25) is 0 Å². The first-order valence-corrected chi connectivity index (χ1v) is 7.20. The highest BCUT2D eigenvalue weighted by Gasteiger charge is 2.39. The Kier molecular flexibility index (Phi) is 3.93. The highest BCUT2D eigenvalue weighted by molar-refractivity contribution is 6.31. The molecule has 0 saturated carbocycles. The zero-order valence-corrected chi connectivity index (χ0v) is 12.1. The molecule has 1 aromatic heterocycles. The van der Waals surface area contributed by atoms with Crippen molar-refractivity contribution in [1.29, 1.82) is 0 Å². The molecule has 1 atom stereocenters. The van der Waals surface area contributed by atoms with Crippen LogP contribution in [0.25, 0.3) is 0 Å². The van der Waals surface area contributed by atoms with Crippen LogP contribution in [0.1, 0.15) is 17.7 Å². The molecule has 21 heavy (non-hydrogen) atoms. The highest BCUT2D eigenvalue weighted by atomic mass is 35.5. The predicted molar refractivity (Wildman–Crippen MR) is 76.5 cm³/mol. The quantitative estimate of drug-likeness (QED) is 0.903. The molecule has 0 radical (unpaired) electrons. The topological polar surface area (TPSA) is 65.0 Å². The van der Waals surface area contributed by atoms with Gasteiger partial charge in [-0.25, -0.2) is 4.39 Å². The summed E-state index contributed by atoms with van der Waals surface area (Å²) in [6.45, 7) is 1.84. The van der Waals surface area contributed by atoms with Crippen LogP contribution in [0.4, 0.5) is 4.39 Å². The van der Waals surface area contributed by atoms with E-state index in [1.165, 1.54) is 12.3 Å². The molecular formula is C14H16ClFN4O. The monoisotopic (exact) mass is 310 g/mol. The summed E-state index contributed by atoms with van der Waals surface area (Å²) in [5.74, 6) is -0.284. The second kappa shape index (κ2) is 5.71. The van der Waals surface area contributed by atoms with Gasteiger partial charge in [0.15, 0.2) is 0 Å². The SMILES string of the molecule is OC1(c2cn[nH]n2)CCN(CCc2c(F)cccc2Cl)C1. The Morgan fingerprint density at radius 3 is 3.05 bits per heavy atom. The fourth-order valence-electron chi connectivity index (χ4n) is 2.74. The van der Waals surface area contributed by atoms with E-state index in [2.05, 4.69) is 20.3 Å². The van der Waals surface area contributed by atoms with Crippen molar-refractivity contribution in [2.24, 2.45) is 0 Å². The lowest BCUT2D eigenvalue weighted by Crippen LogP contribution is -2.32. The molecule has 1 unspecified atom stereocenters. The molecule has 0 aliphatic carbocycles.